The molecule has 0 aromatic heterocycles. The Kier molecular flexibility index (Phi) is 6.65. The van der Waals surface area contributed by atoms with E-state index in [0.717, 1.165) is 37.9 Å². The lowest BCUT2D eigenvalue weighted by Crippen LogP contribution is -2.15. The summed E-state index contributed by atoms with van der Waals surface area (Å²) in [6.07, 6.45) is 8.25. The van der Waals surface area contributed by atoms with Crippen LogP contribution in [0.3, 0.4) is 0 Å². The third kappa shape index (κ3) is 5.91. The van der Waals surface area contributed by atoms with Crippen molar-refractivity contribution >= 4 is 0 Å². The second-order valence-electron chi connectivity index (χ2n) is 3.51. The first-order valence-corrected chi connectivity index (χ1v) is 5.61. The average Bonchev–Trinajstić information content (AvgIpc) is 2.34. The van der Waals surface area contributed by atoms with E-state index in [0.29, 0.717) is 0 Å². The lowest BCUT2D eigenvalue weighted by Gasteiger charge is -1.97. The fraction of sp³-hybridized carbons (Fsp3) is 0.333. The van der Waals surface area contributed by atoms with E-state index in [1.807, 2.05) is 30.3 Å². The molecule has 0 aliphatic heterocycles. The molecule has 1 aromatic carbocycles. The van der Waals surface area contributed by atoms with Crippen molar-refractivity contribution in [3.05, 3.63) is 35.9 Å². The summed E-state index contributed by atoms with van der Waals surface area (Å²) in [5, 5.41) is 3.27. The minimum absolute atomic E-state index is 0.741. The smallest absolute Gasteiger partial charge is 0.0580 e. The Bertz CT molecular complexity index is 375. The molecule has 1 nitrogen and oxygen atoms in total. The second-order valence-corrected chi connectivity index (χ2v) is 3.51. The Balaban J connectivity index is 2.08. The third-order valence-corrected chi connectivity index (χ3v) is 2.14. The minimum Gasteiger partial charge on any atom is -0.306 e. The van der Waals surface area contributed by atoms with E-state index in [1.165, 1.54) is 0 Å². The summed E-state index contributed by atoms with van der Waals surface area (Å²) in [5.41, 5.74) is 1.07. The highest BCUT2D eigenvalue weighted by molar-refractivity contribution is 5.33. The van der Waals surface area contributed by atoms with Crippen LogP contribution in [0.1, 0.15) is 24.8 Å². The van der Waals surface area contributed by atoms with Gasteiger partial charge in [0.15, 0.2) is 0 Å². The number of rotatable bonds is 5. The van der Waals surface area contributed by atoms with Gasteiger partial charge in [0.05, 0.1) is 6.54 Å². The zero-order chi connectivity index (χ0) is 11.5. The first-order valence-electron chi connectivity index (χ1n) is 5.61. The maximum absolute atomic E-state index is 5.16. The lowest BCUT2D eigenvalue weighted by molar-refractivity contribution is 0.669. The van der Waals surface area contributed by atoms with Crippen molar-refractivity contribution in [2.75, 3.05) is 13.1 Å². The first-order chi connectivity index (χ1) is 7.93. The Hall–Kier alpha value is -1.70. The van der Waals surface area contributed by atoms with E-state index in [4.69, 9.17) is 6.42 Å². The van der Waals surface area contributed by atoms with Gasteiger partial charge in [0.2, 0.25) is 0 Å². The van der Waals surface area contributed by atoms with Gasteiger partial charge >= 0.3 is 0 Å². The molecule has 0 fully saturated rings. The van der Waals surface area contributed by atoms with Gasteiger partial charge in [-0.1, -0.05) is 30.0 Å². The number of hydrogen-bond acceptors (Lipinski definition) is 1. The van der Waals surface area contributed by atoms with Crippen LogP contribution in [0.5, 0.6) is 0 Å². The van der Waals surface area contributed by atoms with Crippen molar-refractivity contribution in [1.29, 1.82) is 0 Å². The quantitative estimate of drug-likeness (QED) is 0.582. The van der Waals surface area contributed by atoms with Gasteiger partial charge < -0.3 is 5.32 Å². The Morgan fingerprint density at radius 2 is 1.94 bits per heavy atom. The summed E-state index contributed by atoms with van der Waals surface area (Å²) in [6.45, 7) is 1.73. The Morgan fingerprint density at radius 1 is 1.12 bits per heavy atom. The first kappa shape index (κ1) is 12.4. The van der Waals surface area contributed by atoms with Gasteiger partial charge in [-0.25, -0.2) is 0 Å². The molecule has 0 unspecified atom stereocenters. The topological polar surface area (TPSA) is 12.0 Å². The highest BCUT2D eigenvalue weighted by Gasteiger charge is 1.85. The summed E-state index contributed by atoms with van der Waals surface area (Å²) < 4.78 is 0. The van der Waals surface area contributed by atoms with Crippen LogP contribution in [-0.2, 0) is 0 Å². The highest BCUT2D eigenvalue weighted by Crippen LogP contribution is 1.94. The summed E-state index contributed by atoms with van der Waals surface area (Å²) >= 11 is 0. The maximum Gasteiger partial charge on any atom is 0.0580 e. The van der Waals surface area contributed by atoms with E-state index in [2.05, 4.69) is 23.1 Å². The molecule has 0 bridgehead atoms. The van der Waals surface area contributed by atoms with Crippen LogP contribution in [0, 0.1) is 24.2 Å². The molecule has 0 aliphatic rings. The van der Waals surface area contributed by atoms with Crippen molar-refractivity contribution in [3.63, 3.8) is 0 Å². The molecule has 82 valence electrons. The largest absolute Gasteiger partial charge is 0.306 e. The van der Waals surface area contributed by atoms with Crippen molar-refractivity contribution in [3.8, 4) is 24.2 Å². The normalized spacial score (nSPS) is 8.94. The van der Waals surface area contributed by atoms with Crippen molar-refractivity contribution in [1.82, 2.24) is 5.32 Å². The SMILES string of the molecule is C#CCCCCNCC#Cc1ccccc1. The summed E-state index contributed by atoms with van der Waals surface area (Å²) in [6, 6.07) is 10.0. The van der Waals surface area contributed by atoms with Crippen LogP contribution in [-0.4, -0.2) is 13.1 Å². The molecular weight excluding hydrogens is 194 g/mol. The minimum atomic E-state index is 0.741. The Morgan fingerprint density at radius 3 is 2.69 bits per heavy atom. The summed E-state index contributed by atoms with van der Waals surface area (Å²) in [5.74, 6) is 8.83. The van der Waals surface area contributed by atoms with Crippen LogP contribution in [0.4, 0.5) is 0 Å². The molecule has 1 rings (SSSR count). The molecule has 0 aliphatic carbocycles. The van der Waals surface area contributed by atoms with Gasteiger partial charge in [-0.2, -0.15) is 0 Å². The van der Waals surface area contributed by atoms with Gasteiger partial charge in [0.1, 0.15) is 0 Å². The third-order valence-electron chi connectivity index (χ3n) is 2.14. The fourth-order valence-corrected chi connectivity index (χ4v) is 1.30. The van der Waals surface area contributed by atoms with Crippen molar-refractivity contribution in [2.24, 2.45) is 0 Å². The van der Waals surface area contributed by atoms with Crippen LogP contribution in [0.2, 0.25) is 0 Å². The second kappa shape index (κ2) is 8.60. The number of terminal acetylenes is 1. The molecule has 0 heterocycles. The van der Waals surface area contributed by atoms with Gasteiger partial charge in [0, 0.05) is 12.0 Å². The van der Waals surface area contributed by atoms with Crippen LogP contribution >= 0.6 is 0 Å². The number of benzene rings is 1. The van der Waals surface area contributed by atoms with Crippen molar-refractivity contribution in [2.45, 2.75) is 19.3 Å². The van der Waals surface area contributed by atoms with Crippen LogP contribution < -0.4 is 5.32 Å². The number of nitrogens with one attached hydrogen (secondary N) is 1. The molecule has 1 N–H and O–H groups in total. The molecule has 1 aromatic rings. The van der Waals surface area contributed by atoms with E-state index in [9.17, 15) is 0 Å². The molecule has 0 spiro atoms. The monoisotopic (exact) mass is 211 g/mol. The van der Waals surface area contributed by atoms with Gasteiger partial charge in [-0.3, -0.25) is 0 Å². The van der Waals surface area contributed by atoms with Crippen LogP contribution in [0.25, 0.3) is 0 Å². The number of unbranched alkanes of at least 4 members (excludes halogenated alkanes) is 2. The summed E-state index contributed by atoms with van der Waals surface area (Å²) in [7, 11) is 0. The standard InChI is InChI=1S/C15H17N/c1-2-3-4-8-13-16-14-9-12-15-10-6-5-7-11-15/h1,5-7,10-11,16H,3-4,8,13-14H2. The molecule has 0 radical (unpaired) electrons. The van der Waals surface area contributed by atoms with Crippen LogP contribution in [0.15, 0.2) is 30.3 Å². The fourth-order valence-electron chi connectivity index (χ4n) is 1.30. The Labute approximate surface area is 98.3 Å². The maximum atomic E-state index is 5.16. The van der Waals surface area contributed by atoms with Gasteiger partial charge in [-0.15, -0.1) is 12.3 Å². The van der Waals surface area contributed by atoms with Gasteiger partial charge in [0.25, 0.3) is 0 Å². The predicted octanol–water partition coefficient (Wildman–Crippen LogP) is 2.43. The van der Waals surface area contributed by atoms with E-state index in [-0.39, 0.29) is 0 Å². The predicted molar refractivity (Wildman–Crippen MR) is 68.9 cm³/mol. The molecule has 16 heavy (non-hydrogen) atoms. The highest BCUT2D eigenvalue weighted by atomic mass is 14.8. The van der Waals surface area contributed by atoms with Gasteiger partial charge in [-0.05, 0) is 31.5 Å². The molecule has 1 heteroatoms. The summed E-state index contributed by atoms with van der Waals surface area (Å²) in [4.78, 5) is 0. The number of hydrogen-bond donors (Lipinski definition) is 1. The molecule has 0 saturated heterocycles. The molecular formula is C15H17N. The zero-order valence-corrected chi connectivity index (χ0v) is 9.50. The van der Waals surface area contributed by atoms with Crippen molar-refractivity contribution < 1.29 is 0 Å². The molecule has 0 amide bonds. The average molecular weight is 211 g/mol. The van der Waals surface area contributed by atoms with E-state index >= 15 is 0 Å². The lowest BCUT2D eigenvalue weighted by atomic mass is 10.2. The molecule has 0 saturated carbocycles. The van der Waals surface area contributed by atoms with E-state index in [1.54, 1.807) is 0 Å². The van der Waals surface area contributed by atoms with E-state index < -0.39 is 0 Å². The molecule has 0 atom stereocenters. The zero-order valence-electron chi connectivity index (χ0n) is 9.50.